The van der Waals surface area contributed by atoms with Crippen molar-refractivity contribution in [3.63, 3.8) is 0 Å². The van der Waals surface area contributed by atoms with Gasteiger partial charge in [-0.2, -0.15) is 4.39 Å². The lowest BCUT2D eigenvalue weighted by Crippen LogP contribution is -2.06. The zero-order valence-electron chi connectivity index (χ0n) is 7.84. The molecule has 1 rings (SSSR count). The van der Waals surface area contributed by atoms with Crippen LogP contribution in [-0.2, 0) is 0 Å². The van der Waals surface area contributed by atoms with Gasteiger partial charge in [-0.1, -0.05) is 0 Å². The standard InChI is InChI=1S/C9H11BrFNO2/c1-4(12)5-3-6(10)9(14-2)7(11)8(5)13/h3-4,13H,12H2,1-2H3. The molecule has 0 saturated carbocycles. The van der Waals surface area contributed by atoms with Crippen LogP contribution < -0.4 is 10.5 Å². The van der Waals surface area contributed by atoms with E-state index in [-0.39, 0.29) is 5.75 Å². The number of ether oxygens (including phenoxy) is 1. The van der Waals surface area contributed by atoms with Crippen LogP contribution in [0, 0.1) is 5.82 Å². The first-order valence-corrected chi connectivity index (χ1v) is 4.78. The fourth-order valence-corrected chi connectivity index (χ4v) is 1.73. The Morgan fingerprint density at radius 3 is 2.64 bits per heavy atom. The fourth-order valence-electron chi connectivity index (χ4n) is 1.14. The maximum Gasteiger partial charge on any atom is 0.208 e. The molecule has 3 N–H and O–H groups in total. The molecule has 0 aromatic heterocycles. The highest BCUT2D eigenvalue weighted by molar-refractivity contribution is 9.10. The molecule has 1 atom stereocenters. The van der Waals surface area contributed by atoms with Gasteiger partial charge in [-0.15, -0.1) is 0 Å². The van der Waals surface area contributed by atoms with E-state index in [0.29, 0.717) is 10.0 Å². The van der Waals surface area contributed by atoms with E-state index in [4.69, 9.17) is 10.5 Å². The van der Waals surface area contributed by atoms with Gasteiger partial charge >= 0.3 is 0 Å². The maximum absolute atomic E-state index is 13.4. The average molecular weight is 264 g/mol. The van der Waals surface area contributed by atoms with Gasteiger partial charge in [-0.3, -0.25) is 0 Å². The summed E-state index contributed by atoms with van der Waals surface area (Å²) in [4.78, 5) is 0. The number of hydrogen-bond donors (Lipinski definition) is 2. The second-order valence-electron chi connectivity index (χ2n) is 2.93. The fraction of sp³-hybridized carbons (Fsp3) is 0.333. The number of hydrogen-bond acceptors (Lipinski definition) is 3. The number of aromatic hydroxyl groups is 1. The van der Waals surface area contributed by atoms with Gasteiger partial charge in [0.1, 0.15) is 0 Å². The molecule has 0 aliphatic rings. The van der Waals surface area contributed by atoms with E-state index < -0.39 is 17.6 Å². The van der Waals surface area contributed by atoms with Gasteiger partial charge in [-0.25, -0.2) is 0 Å². The Balaban J connectivity index is 3.40. The molecule has 5 heteroatoms. The monoisotopic (exact) mass is 263 g/mol. The summed E-state index contributed by atoms with van der Waals surface area (Å²) in [6.07, 6.45) is 0. The van der Waals surface area contributed by atoms with E-state index in [0.717, 1.165) is 0 Å². The summed E-state index contributed by atoms with van der Waals surface area (Å²) in [5, 5.41) is 9.45. The van der Waals surface area contributed by atoms with Crippen LogP contribution in [0.25, 0.3) is 0 Å². The Labute approximate surface area is 89.8 Å². The van der Waals surface area contributed by atoms with Gasteiger partial charge in [0, 0.05) is 11.6 Å². The molecule has 0 saturated heterocycles. The summed E-state index contributed by atoms with van der Waals surface area (Å²) in [6, 6.07) is 1.11. The summed E-state index contributed by atoms with van der Waals surface area (Å²) in [5.41, 5.74) is 5.90. The van der Waals surface area contributed by atoms with Crippen molar-refractivity contribution in [2.45, 2.75) is 13.0 Å². The molecule has 0 aliphatic heterocycles. The first-order valence-electron chi connectivity index (χ1n) is 3.99. The Morgan fingerprint density at radius 1 is 1.64 bits per heavy atom. The highest BCUT2D eigenvalue weighted by Gasteiger charge is 2.18. The zero-order valence-corrected chi connectivity index (χ0v) is 9.43. The van der Waals surface area contributed by atoms with Crippen molar-refractivity contribution in [2.75, 3.05) is 7.11 Å². The van der Waals surface area contributed by atoms with Crippen LogP contribution in [0.4, 0.5) is 4.39 Å². The summed E-state index contributed by atoms with van der Waals surface area (Å²) >= 11 is 3.13. The molecule has 3 nitrogen and oxygen atoms in total. The summed E-state index contributed by atoms with van der Waals surface area (Å²) < 4.78 is 18.6. The Bertz CT molecular complexity index is 355. The van der Waals surface area contributed by atoms with Crippen LogP contribution in [0.15, 0.2) is 10.5 Å². The van der Waals surface area contributed by atoms with Crippen molar-refractivity contribution in [3.05, 3.63) is 21.9 Å². The van der Waals surface area contributed by atoms with E-state index >= 15 is 0 Å². The third-order valence-corrected chi connectivity index (χ3v) is 2.46. The number of benzene rings is 1. The van der Waals surface area contributed by atoms with Gasteiger partial charge in [0.05, 0.1) is 11.6 Å². The predicted octanol–water partition coefficient (Wildman–Crippen LogP) is 2.32. The van der Waals surface area contributed by atoms with Crippen molar-refractivity contribution in [3.8, 4) is 11.5 Å². The third kappa shape index (κ3) is 1.83. The molecule has 1 aromatic rings. The van der Waals surface area contributed by atoms with Gasteiger partial charge in [0.25, 0.3) is 0 Å². The van der Waals surface area contributed by atoms with Crippen LogP contribution in [-0.4, -0.2) is 12.2 Å². The van der Waals surface area contributed by atoms with Gasteiger partial charge < -0.3 is 15.6 Å². The predicted molar refractivity (Wildman–Crippen MR) is 54.9 cm³/mol. The highest BCUT2D eigenvalue weighted by Crippen LogP contribution is 2.38. The molecular formula is C9H11BrFNO2. The van der Waals surface area contributed by atoms with Crippen LogP contribution >= 0.6 is 15.9 Å². The van der Waals surface area contributed by atoms with Crippen LogP contribution in [0.5, 0.6) is 11.5 Å². The average Bonchev–Trinajstić information content (AvgIpc) is 2.12. The molecule has 0 spiro atoms. The second-order valence-corrected chi connectivity index (χ2v) is 3.79. The van der Waals surface area contributed by atoms with Crippen molar-refractivity contribution < 1.29 is 14.2 Å². The van der Waals surface area contributed by atoms with Crippen molar-refractivity contribution in [1.29, 1.82) is 0 Å². The van der Waals surface area contributed by atoms with Crippen LogP contribution in [0.2, 0.25) is 0 Å². The minimum absolute atomic E-state index is 0.0214. The molecular weight excluding hydrogens is 253 g/mol. The molecule has 0 heterocycles. The van der Waals surface area contributed by atoms with E-state index in [1.165, 1.54) is 7.11 Å². The lowest BCUT2D eigenvalue weighted by Gasteiger charge is -2.13. The smallest absolute Gasteiger partial charge is 0.208 e. The first-order chi connectivity index (χ1) is 6.49. The molecule has 0 aliphatic carbocycles. The highest BCUT2D eigenvalue weighted by atomic mass is 79.9. The van der Waals surface area contributed by atoms with E-state index in [2.05, 4.69) is 15.9 Å². The lowest BCUT2D eigenvalue weighted by atomic mass is 10.1. The number of phenols is 1. The molecule has 0 radical (unpaired) electrons. The van der Waals surface area contributed by atoms with E-state index in [9.17, 15) is 9.50 Å². The minimum atomic E-state index is -0.797. The first kappa shape index (κ1) is 11.3. The number of halogens is 2. The second kappa shape index (κ2) is 4.14. The largest absolute Gasteiger partial charge is 0.504 e. The molecule has 78 valence electrons. The number of methoxy groups -OCH3 is 1. The summed E-state index contributed by atoms with van der Waals surface area (Å²) in [7, 11) is 1.33. The summed E-state index contributed by atoms with van der Waals surface area (Å²) in [6.45, 7) is 1.66. The van der Waals surface area contributed by atoms with Crippen molar-refractivity contribution in [1.82, 2.24) is 0 Å². The Morgan fingerprint density at radius 2 is 2.21 bits per heavy atom. The molecule has 1 unspecified atom stereocenters. The molecule has 1 aromatic carbocycles. The van der Waals surface area contributed by atoms with E-state index in [1.807, 2.05) is 0 Å². The Kier molecular flexibility index (Phi) is 3.34. The van der Waals surface area contributed by atoms with Crippen LogP contribution in [0.3, 0.4) is 0 Å². The van der Waals surface area contributed by atoms with Crippen LogP contribution in [0.1, 0.15) is 18.5 Å². The summed E-state index contributed by atoms with van der Waals surface area (Å²) in [5.74, 6) is -1.28. The molecule has 0 bridgehead atoms. The zero-order chi connectivity index (χ0) is 10.9. The lowest BCUT2D eigenvalue weighted by molar-refractivity contribution is 0.358. The molecule has 14 heavy (non-hydrogen) atoms. The maximum atomic E-state index is 13.4. The topological polar surface area (TPSA) is 55.5 Å². The van der Waals surface area contributed by atoms with Gasteiger partial charge in [0.2, 0.25) is 5.82 Å². The van der Waals surface area contributed by atoms with Crippen molar-refractivity contribution >= 4 is 15.9 Å². The molecule has 0 amide bonds. The molecule has 0 fully saturated rings. The Hall–Kier alpha value is -0.810. The number of nitrogens with two attached hydrogens (primary N) is 1. The quantitative estimate of drug-likeness (QED) is 0.861. The normalized spacial score (nSPS) is 12.6. The van der Waals surface area contributed by atoms with Gasteiger partial charge in [0.15, 0.2) is 11.5 Å². The number of phenolic OH excluding ortho intramolecular Hbond substituents is 1. The number of rotatable bonds is 2. The van der Waals surface area contributed by atoms with E-state index in [1.54, 1.807) is 13.0 Å². The van der Waals surface area contributed by atoms with Crippen molar-refractivity contribution in [2.24, 2.45) is 5.73 Å². The SMILES string of the molecule is COc1c(Br)cc(C(C)N)c(O)c1F. The minimum Gasteiger partial charge on any atom is -0.504 e. The van der Waals surface area contributed by atoms with Gasteiger partial charge in [-0.05, 0) is 28.9 Å². The third-order valence-electron chi connectivity index (χ3n) is 1.87.